The molecular weight excluding hydrogens is 478 g/mol. The number of nitrogens with one attached hydrogen (secondary N) is 2. The number of benzene rings is 1. The minimum Gasteiger partial charge on any atom is -0.325 e. The Kier molecular flexibility index (Phi) is 6.97. The van der Waals surface area contributed by atoms with Crippen LogP contribution in [0.3, 0.4) is 0 Å². The number of fused-ring (bicyclic) bond motifs is 1. The van der Waals surface area contributed by atoms with Gasteiger partial charge in [-0.25, -0.2) is 18.4 Å². The number of anilines is 2. The number of thioether (sulfide) groups is 1. The van der Waals surface area contributed by atoms with E-state index in [1.807, 2.05) is 6.07 Å². The summed E-state index contributed by atoms with van der Waals surface area (Å²) in [6.07, 6.45) is 4.39. The number of hydrogen-bond acceptors (Lipinski definition) is 8. The van der Waals surface area contributed by atoms with Crippen LogP contribution in [0.4, 0.5) is 10.8 Å². The molecule has 0 saturated carbocycles. The summed E-state index contributed by atoms with van der Waals surface area (Å²) >= 11 is 2.41. The minimum atomic E-state index is -3.75. The number of aromatic nitrogens is 2. The lowest BCUT2D eigenvalue weighted by Gasteiger charge is -2.21. The van der Waals surface area contributed by atoms with Gasteiger partial charge in [0.15, 0.2) is 5.13 Å². The smallest absolute Gasteiger partial charge is 0.263 e. The highest BCUT2D eigenvalue weighted by atomic mass is 32.2. The summed E-state index contributed by atoms with van der Waals surface area (Å²) in [5.74, 6) is 0.399. The maximum Gasteiger partial charge on any atom is 0.263 e. The Morgan fingerprint density at radius 2 is 2.12 bits per heavy atom. The molecule has 0 saturated heterocycles. The molecule has 2 heterocycles. The molecule has 2 N–H and O–H groups in total. The summed E-state index contributed by atoms with van der Waals surface area (Å²) in [6, 6.07) is 9.97. The average molecular weight is 500 g/mol. The third-order valence-corrected chi connectivity index (χ3v) is 8.33. The van der Waals surface area contributed by atoms with Gasteiger partial charge >= 0.3 is 0 Å². The molecule has 3 aromatic rings. The van der Waals surface area contributed by atoms with Gasteiger partial charge in [0.1, 0.15) is 11.1 Å². The summed E-state index contributed by atoms with van der Waals surface area (Å²) in [7, 11) is -3.75. The number of nitriles is 1. The van der Waals surface area contributed by atoms with Gasteiger partial charge in [0.05, 0.1) is 16.2 Å². The van der Waals surface area contributed by atoms with Crippen molar-refractivity contribution in [3.63, 3.8) is 0 Å². The van der Waals surface area contributed by atoms with Gasteiger partial charge in [-0.2, -0.15) is 5.26 Å². The number of carbonyl (C=O) groups is 1. The van der Waals surface area contributed by atoms with Crippen molar-refractivity contribution < 1.29 is 13.2 Å². The number of nitrogens with zero attached hydrogens (tertiary/aromatic N) is 3. The van der Waals surface area contributed by atoms with Gasteiger partial charge in [-0.1, -0.05) is 18.7 Å². The van der Waals surface area contributed by atoms with Crippen molar-refractivity contribution in [2.24, 2.45) is 5.92 Å². The minimum absolute atomic E-state index is 0.0660. The Morgan fingerprint density at radius 3 is 2.82 bits per heavy atom. The average Bonchev–Trinajstić information content (AvgIpc) is 3.29. The number of rotatable bonds is 7. The molecule has 1 aliphatic carbocycles. The fraction of sp³-hybridized carbons (Fsp3) is 0.273. The maximum atomic E-state index is 12.4. The van der Waals surface area contributed by atoms with Crippen molar-refractivity contribution >= 4 is 49.8 Å². The third-order valence-electron chi connectivity index (χ3n) is 5.16. The predicted octanol–water partition coefficient (Wildman–Crippen LogP) is 4.07. The number of pyridine rings is 1. The van der Waals surface area contributed by atoms with Crippen LogP contribution < -0.4 is 10.0 Å². The molecule has 11 heteroatoms. The van der Waals surface area contributed by atoms with Crippen molar-refractivity contribution in [1.82, 2.24) is 9.97 Å². The first-order valence-corrected chi connectivity index (χ1v) is 13.6. The van der Waals surface area contributed by atoms with Crippen LogP contribution in [-0.2, 0) is 27.7 Å². The van der Waals surface area contributed by atoms with E-state index in [2.05, 4.69) is 33.0 Å². The molecule has 0 spiro atoms. The molecule has 2 aromatic heterocycles. The first-order chi connectivity index (χ1) is 15.8. The van der Waals surface area contributed by atoms with Gasteiger partial charge < -0.3 is 5.32 Å². The van der Waals surface area contributed by atoms with Gasteiger partial charge in [0.2, 0.25) is 5.91 Å². The monoisotopic (exact) mass is 499 g/mol. The van der Waals surface area contributed by atoms with E-state index >= 15 is 0 Å². The van der Waals surface area contributed by atoms with Gasteiger partial charge in [0, 0.05) is 23.0 Å². The lowest BCUT2D eigenvalue weighted by Crippen LogP contribution is -2.16. The topological polar surface area (TPSA) is 125 Å². The molecule has 170 valence electrons. The lowest BCUT2D eigenvalue weighted by molar-refractivity contribution is -0.113. The Morgan fingerprint density at radius 1 is 1.33 bits per heavy atom. The fourth-order valence-electron chi connectivity index (χ4n) is 3.51. The summed E-state index contributed by atoms with van der Waals surface area (Å²) in [4.78, 5) is 21.1. The molecule has 0 bridgehead atoms. The Hall–Kier alpha value is -2.94. The molecule has 1 amide bonds. The summed E-state index contributed by atoms with van der Waals surface area (Å²) < 4.78 is 27.2. The molecule has 8 nitrogen and oxygen atoms in total. The van der Waals surface area contributed by atoms with Gasteiger partial charge in [-0.15, -0.1) is 11.3 Å². The number of sulfonamides is 1. The molecule has 1 aliphatic rings. The van der Waals surface area contributed by atoms with E-state index in [1.54, 1.807) is 5.38 Å². The SMILES string of the molecule is CC1CCc2nc(SCC(=O)Nc3ccc(S(=O)(=O)Nc4nccs4)cc3)c(C#N)cc2C1. The Balaban J connectivity index is 1.37. The zero-order valence-electron chi connectivity index (χ0n) is 17.7. The van der Waals surface area contributed by atoms with E-state index in [0.717, 1.165) is 30.5 Å². The number of aryl methyl sites for hydroxylation is 1. The standard InChI is InChI=1S/C22H21N5O3S3/c1-14-2-7-19-15(10-14)11-16(12-23)21(26-19)32-13-20(28)25-17-3-5-18(6-4-17)33(29,30)27-22-24-8-9-31-22/h3-6,8-9,11,14H,2,7,10,13H2,1H3,(H,24,27)(H,25,28). The highest BCUT2D eigenvalue weighted by Gasteiger charge is 2.20. The zero-order chi connectivity index (χ0) is 23.4. The van der Waals surface area contributed by atoms with Crippen LogP contribution >= 0.6 is 23.1 Å². The molecule has 33 heavy (non-hydrogen) atoms. The molecule has 0 fully saturated rings. The van der Waals surface area contributed by atoms with Crippen molar-refractivity contribution in [2.45, 2.75) is 36.1 Å². The van der Waals surface area contributed by atoms with Gasteiger partial charge in [0.25, 0.3) is 10.0 Å². The Labute approximate surface area is 200 Å². The van der Waals surface area contributed by atoms with Crippen molar-refractivity contribution in [1.29, 1.82) is 5.26 Å². The van der Waals surface area contributed by atoms with Crippen LogP contribution in [0, 0.1) is 17.2 Å². The van der Waals surface area contributed by atoms with E-state index in [1.165, 1.54) is 53.6 Å². The molecule has 1 unspecified atom stereocenters. The Bertz CT molecular complexity index is 1300. The third kappa shape index (κ3) is 5.71. The molecule has 1 aromatic carbocycles. The van der Waals surface area contributed by atoms with Crippen molar-refractivity contribution in [2.75, 3.05) is 15.8 Å². The number of thiazole rings is 1. The van der Waals surface area contributed by atoms with Gasteiger partial charge in [-0.3, -0.25) is 9.52 Å². The maximum absolute atomic E-state index is 12.4. The lowest BCUT2D eigenvalue weighted by atomic mass is 9.87. The normalized spacial score (nSPS) is 15.3. The van der Waals surface area contributed by atoms with Crippen LogP contribution in [0.15, 0.2) is 51.8 Å². The number of carbonyl (C=O) groups excluding carboxylic acids is 1. The van der Waals surface area contributed by atoms with E-state index in [0.29, 0.717) is 22.2 Å². The van der Waals surface area contributed by atoms with Crippen molar-refractivity contribution in [3.05, 3.63) is 58.7 Å². The van der Waals surface area contributed by atoms with Crippen LogP contribution in [0.1, 0.15) is 30.2 Å². The molecular formula is C22H21N5O3S3. The first kappa shape index (κ1) is 23.2. The largest absolute Gasteiger partial charge is 0.325 e. The predicted molar refractivity (Wildman–Crippen MR) is 129 cm³/mol. The van der Waals surface area contributed by atoms with E-state index in [-0.39, 0.29) is 21.7 Å². The molecule has 0 aliphatic heterocycles. The summed E-state index contributed by atoms with van der Waals surface area (Å²) in [5, 5.41) is 14.8. The van der Waals surface area contributed by atoms with Crippen LogP contribution in [0.5, 0.6) is 0 Å². The summed E-state index contributed by atoms with van der Waals surface area (Å²) in [5.41, 5.74) is 3.10. The number of amides is 1. The van der Waals surface area contributed by atoms with E-state index in [4.69, 9.17) is 0 Å². The second kappa shape index (κ2) is 9.91. The summed E-state index contributed by atoms with van der Waals surface area (Å²) in [6.45, 7) is 2.20. The van der Waals surface area contributed by atoms with E-state index < -0.39 is 10.0 Å². The van der Waals surface area contributed by atoms with Crippen molar-refractivity contribution in [3.8, 4) is 6.07 Å². The quantitative estimate of drug-likeness (QED) is 0.470. The molecule has 0 radical (unpaired) electrons. The van der Waals surface area contributed by atoms with Crippen LogP contribution in [-0.4, -0.2) is 30.0 Å². The highest BCUT2D eigenvalue weighted by Crippen LogP contribution is 2.29. The van der Waals surface area contributed by atoms with E-state index in [9.17, 15) is 18.5 Å². The second-order valence-electron chi connectivity index (χ2n) is 7.71. The van der Waals surface area contributed by atoms with Crippen LogP contribution in [0.2, 0.25) is 0 Å². The molecule has 1 atom stereocenters. The van der Waals surface area contributed by atoms with Gasteiger partial charge in [-0.05, 0) is 61.1 Å². The first-order valence-electron chi connectivity index (χ1n) is 10.2. The molecule has 4 rings (SSSR count). The number of hydrogen-bond donors (Lipinski definition) is 2. The highest BCUT2D eigenvalue weighted by molar-refractivity contribution is 8.00. The fourth-order valence-corrected chi connectivity index (χ4v) is 6.08. The second-order valence-corrected chi connectivity index (χ2v) is 11.3. The van der Waals surface area contributed by atoms with Crippen LogP contribution in [0.25, 0.3) is 0 Å². The zero-order valence-corrected chi connectivity index (χ0v) is 20.2.